The molecule has 0 bridgehead atoms. The molecule has 4 aliphatic carbocycles. The van der Waals surface area contributed by atoms with E-state index in [1.165, 1.54) is 32.1 Å². The molecule has 0 aromatic heterocycles. The highest BCUT2D eigenvalue weighted by molar-refractivity contribution is 5.87. The predicted octanol–water partition coefficient (Wildman–Crippen LogP) is 4.96. The maximum Gasteiger partial charge on any atom is 0.329 e. The van der Waals surface area contributed by atoms with Gasteiger partial charge < -0.3 is 20.7 Å². The van der Waals surface area contributed by atoms with E-state index in [1.807, 2.05) is 27.9 Å². The number of hydrogen-bond acceptors (Lipinski definition) is 6. The minimum absolute atomic E-state index is 0.0727. The lowest BCUT2D eigenvalue weighted by Crippen LogP contribution is -2.55. The van der Waals surface area contributed by atoms with Gasteiger partial charge in [-0.3, -0.25) is 9.59 Å². The molecule has 0 radical (unpaired) electrons. The van der Waals surface area contributed by atoms with Crippen LogP contribution in [0.25, 0.3) is 0 Å². The Morgan fingerprint density at radius 3 is 2.30 bits per heavy atom. The smallest absolute Gasteiger partial charge is 0.329 e. The number of ether oxygens (including phenoxy) is 1. The van der Waals surface area contributed by atoms with Crippen LogP contribution in [0.2, 0.25) is 0 Å². The number of nitrogens with zero attached hydrogens (tertiary/aromatic N) is 1. The Bertz CT molecular complexity index is 937. The van der Waals surface area contributed by atoms with Gasteiger partial charge in [-0.05, 0) is 139 Å². The average Bonchev–Trinajstić information content (AvgIpc) is 3.24. The molecule has 4 aliphatic rings. The van der Waals surface area contributed by atoms with Crippen LogP contribution in [0.15, 0.2) is 0 Å². The number of ketones is 1. The monoisotopic (exact) mass is 559 g/mol. The highest BCUT2D eigenvalue weighted by atomic mass is 16.5. The molecule has 4 fully saturated rings. The summed E-state index contributed by atoms with van der Waals surface area (Å²) < 4.78 is 6.13. The summed E-state index contributed by atoms with van der Waals surface area (Å²) in [4.78, 5) is 40.6. The van der Waals surface area contributed by atoms with Gasteiger partial charge in [-0.15, -0.1) is 0 Å². The van der Waals surface area contributed by atoms with Gasteiger partial charge in [-0.25, -0.2) is 4.79 Å². The molecule has 7 nitrogen and oxygen atoms in total. The fourth-order valence-electron chi connectivity index (χ4n) is 9.75. The standard InChI is InChI=1S/C33H57N3O4/c1-20(2)29(35-30(38)28(34)9-8-18-36(6)7)31(39)40-23-14-16-32(4)22(19-23)10-11-24-26-13-12-25(21(3)37)33(26,5)17-15-27(24)32/h20,22-29H,8-19,34H2,1-7H3,(H,35,38)/t22-,23+,24-,25+,26-,27-,28-,29-,32-,33+/m0/s1. The van der Waals surface area contributed by atoms with Gasteiger partial charge in [-0.1, -0.05) is 27.7 Å². The number of carbonyl (C=O) groups excluding carboxylic acids is 3. The normalized spacial score (nSPS) is 38.6. The van der Waals surface area contributed by atoms with Crippen LogP contribution < -0.4 is 11.1 Å². The molecule has 40 heavy (non-hydrogen) atoms. The largest absolute Gasteiger partial charge is 0.461 e. The van der Waals surface area contributed by atoms with E-state index in [1.54, 1.807) is 6.92 Å². The lowest BCUT2D eigenvalue weighted by molar-refractivity contribution is -0.166. The van der Waals surface area contributed by atoms with Gasteiger partial charge in [0.1, 0.15) is 17.9 Å². The van der Waals surface area contributed by atoms with E-state index < -0.39 is 12.1 Å². The molecule has 0 aromatic carbocycles. The first-order valence-electron chi connectivity index (χ1n) is 16.2. The van der Waals surface area contributed by atoms with Gasteiger partial charge in [0.25, 0.3) is 0 Å². The average molecular weight is 560 g/mol. The molecule has 0 heterocycles. The van der Waals surface area contributed by atoms with Crippen LogP contribution >= 0.6 is 0 Å². The molecule has 0 unspecified atom stereocenters. The first kappa shape index (κ1) is 31.5. The van der Waals surface area contributed by atoms with Crippen molar-refractivity contribution >= 4 is 17.7 Å². The van der Waals surface area contributed by atoms with Crippen molar-refractivity contribution in [3.63, 3.8) is 0 Å². The molecule has 4 saturated carbocycles. The van der Waals surface area contributed by atoms with Crippen molar-refractivity contribution in [1.29, 1.82) is 0 Å². The third-order valence-corrected chi connectivity index (χ3v) is 12.1. The van der Waals surface area contributed by atoms with Crippen molar-refractivity contribution in [1.82, 2.24) is 10.2 Å². The topological polar surface area (TPSA) is 102 Å². The van der Waals surface area contributed by atoms with Crippen LogP contribution in [0, 0.1) is 46.3 Å². The molecule has 0 saturated heterocycles. The summed E-state index contributed by atoms with van der Waals surface area (Å²) in [7, 11) is 4.00. The number of Topliss-reactive ketones (excluding diaryl/α,β-unsaturated/α-hetero) is 1. The summed E-state index contributed by atoms with van der Waals surface area (Å²) in [5.41, 5.74) is 6.61. The van der Waals surface area contributed by atoms with E-state index in [4.69, 9.17) is 10.5 Å². The molecular formula is C33H57N3O4. The minimum atomic E-state index is -0.677. The third-order valence-electron chi connectivity index (χ3n) is 12.1. The summed E-state index contributed by atoms with van der Waals surface area (Å²) >= 11 is 0. The van der Waals surface area contributed by atoms with Gasteiger partial charge >= 0.3 is 5.97 Å². The van der Waals surface area contributed by atoms with Crippen molar-refractivity contribution in [2.24, 2.45) is 52.1 Å². The van der Waals surface area contributed by atoms with Crippen molar-refractivity contribution in [3.05, 3.63) is 0 Å². The molecule has 0 aromatic rings. The Hall–Kier alpha value is -1.47. The second-order valence-corrected chi connectivity index (χ2v) is 15.1. The highest BCUT2D eigenvalue weighted by Crippen LogP contribution is 2.67. The molecule has 4 rings (SSSR count). The number of fused-ring (bicyclic) bond motifs is 5. The number of nitrogens with one attached hydrogen (secondary N) is 1. The quantitative estimate of drug-likeness (QED) is 0.367. The van der Waals surface area contributed by atoms with E-state index in [-0.39, 0.29) is 40.6 Å². The lowest BCUT2D eigenvalue weighted by Gasteiger charge is -2.61. The number of amides is 1. The fraction of sp³-hybridized carbons (Fsp3) is 0.909. The summed E-state index contributed by atoms with van der Waals surface area (Å²) in [5, 5.41) is 2.90. The van der Waals surface area contributed by atoms with Crippen LogP contribution in [0.5, 0.6) is 0 Å². The summed E-state index contributed by atoms with van der Waals surface area (Å²) in [5.74, 6) is 2.66. The van der Waals surface area contributed by atoms with Gasteiger partial charge in [-0.2, -0.15) is 0 Å². The highest BCUT2D eigenvalue weighted by Gasteiger charge is 2.61. The number of esters is 1. The van der Waals surface area contributed by atoms with Crippen LogP contribution in [-0.4, -0.2) is 61.4 Å². The Morgan fingerprint density at radius 2 is 1.65 bits per heavy atom. The zero-order valence-electron chi connectivity index (χ0n) is 26.3. The Morgan fingerprint density at radius 1 is 0.975 bits per heavy atom. The molecule has 228 valence electrons. The van der Waals surface area contributed by atoms with E-state index in [9.17, 15) is 14.4 Å². The molecule has 3 N–H and O–H groups in total. The molecular weight excluding hydrogens is 502 g/mol. The third kappa shape index (κ3) is 6.16. The Kier molecular flexibility index (Phi) is 9.76. The van der Waals surface area contributed by atoms with Crippen molar-refractivity contribution in [3.8, 4) is 0 Å². The molecule has 0 aliphatic heterocycles. The second kappa shape index (κ2) is 12.4. The second-order valence-electron chi connectivity index (χ2n) is 15.1. The van der Waals surface area contributed by atoms with E-state index in [2.05, 4.69) is 24.1 Å². The van der Waals surface area contributed by atoms with Crippen molar-refractivity contribution < 1.29 is 19.1 Å². The van der Waals surface area contributed by atoms with Gasteiger partial charge in [0, 0.05) is 5.92 Å². The fourth-order valence-corrected chi connectivity index (χ4v) is 9.75. The molecule has 7 heteroatoms. The van der Waals surface area contributed by atoms with E-state index in [0.717, 1.165) is 44.6 Å². The Balaban J connectivity index is 1.34. The number of nitrogens with two attached hydrogens (primary N) is 1. The number of rotatable bonds is 10. The lowest BCUT2D eigenvalue weighted by atomic mass is 9.44. The van der Waals surface area contributed by atoms with Crippen LogP contribution in [0.3, 0.4) is 0 Å². The van der Waals surface area contributed by atoms with Crippen LogP contribution in [0.1, 0.15) is 105 Å². The maximum absolute atomic E-state index is 13.3. The predicted molar refractivity (Wildman–Crippen MR) is 158 cm³/mol. The Labute approximate surface area is 243 Å². The molecule has 0 spiro atoms. The number of carbonyl (C=O) groups is 3. The van der Waals surface area contributed by atoms with Crippen LogP contribution in [-0.2, 0) is 19.1 Å². The van der Waals surface area contributed by atoms with Crippen LogP contribution in [0.4, 0.5) is 0 Å². The number of hydrogen-bond donors (Lipinski definition) is 2. The van der Waals surface area contributed by atoms with Crippen molar-refractivity contribution in [2.75, 3.05) is 20.6 Å². The zero-order chi connectivity index (χ0) is 29.4. The van der Waals surface area contributed by atoms with E-state index in [0.29, 0.717) is 30.0 Å². The van der Waals surface area contributed by atoms with Crippen molar-refractivity contribution in [2.45, 2.75) is 123 Å². The SMILES string of the molecule is CC(=O)[C@H]1CC[C@H]2[C@@H]3CC[C@H]4C[C@H](OC(=O)[C@@H](NC(=O)[C@@H](N)CCCN(C)C)C(C)C)CC[C@]4(C)[C@H]3CC[C@]12C. The van der Waals surface area contributed by atoms with Gasteiger partial charge in [0.05, 0.1) is 6.04 Å². The first-order chi connectivity index (χ1) is 18.8. The summed E-state index contributed by atoms with van der Waals surface area (Å²) in [6.45, 7) is 11.5. The minimum Gasteiger partial charge on any atom is -0.461 e. The van der Waals surface area contributed by atoms with Gasteiger partial charge in [0.2, 0.25) is 5.91 Å². The molecule has 10 atom stereocenters. The molecule has 1 amide bonds. The summed E-state index contributed by atoms with van der Waals surface area (Å²) in [6.07, 6.45) is 11.4. The maximum atomic E-state index is 13.3. The summed E-state index contributed by atoms with van der Waals surface area (Å²) in [6, 6.07) is -1.30. The zero-order valence-corrected chi connectivity index (χ0v) is 26.3. The first-order valence-corrected chi connectivity index (χ1v) is 16.2. The van der Waals surface area contributed by atoms with E-state index >= 15 is 0 Å². The van der Waals surface area contributed by atoms with Gasteiger partial charge in [0.15, 0.2) is 0 Å².